The molecule has 0 aliphatic carbocycles. The van der Waals surface area contributed by atoms with E-state index in [1.807, 2.05) is 0 Å². The number of phenolic OH excluding ortho intramolecular Hbond substituents is 1. The van der Waals surface area contributed by atoms with Crippen LogP contribution in [0.5, 0.6) is 5.75 Å². The quantitative estimate of drug-likeness (QED) is 0.145. The van der Waals surface area contributed by atoms with E-state index in [0.29, 0.717) is 5.56 Å². The third-order valence-electron chi connectivity index (χ3n) is 7.43. The van der Waals surface area contributed by atoms with E-state index in [4.69, 9.17) is 16.2 Å². The predicted molar refractivity (Wildman–Crippen MR) is 181 cm³/mol. The first-order valence-electron chi connectivity index (χ1n) is 14.9. The van der Waals surface area contributed by atoms with E-state index < -0.39 is 65.1 Å². The highest BCUT2D eigenvalue weighted by Crippen LogP contribution is 2.22. The van der Waals surface area contributed by atoms with Crippen LogP contribution in [0.3, 0.4) is 0 Å². The maximum atomic E-state index is 13.7. The molecule has 2 unspecified atom stereocenters. The van der Waals surface area contributed by atoms with Crippen LogP contribution in [-0.2, 0) is 52.4 Å². The first-order valence-corrected chi connectivity index (χ1v) is 16.6. The van der Waals surface area contributed by atoms with Gasteiger partial charge in [0, 0.05) is 42.2 Å². The highest BCUT2D eigenvalue weighted by Gasteiger charge is 2.32. The number of nitrogens with one attached hydrogen (secondary N) is 2. The normalized spacial score (nSPS) is 13.2. The number of aryl methyl sites for hydroxylation is 2. The van der Waals surface area contributed by atoms with Crippen molar-refractivity contribution in [3.8, 4) is 5.75 Å². The van der Waals surface area contributed by atoms with E-state index in [0.717, 1.165) is 16.7 Å². The summed E-state index contributed by atoms with van der Waals surface area (Å²) >= 11 is 0. The van der Waals surface area contributed by atoms with Crippen LogP contribution in [-0.4, -0.2) is 94.1 Å². The Bertz CT molecular complexity index is 1390. The Balaban J connectivity index is 0.0000110. The number of amides is 4. The van der Waals surface area contributed by atoms with E-state index in [1.54, 1.807) is 56.3 Å². The molecule has 0 fully saturated rings. The van der Waals surface area contributed by atoms with Crippen molar-refractivity contribution in [1.29, 1.82) is 0 Å². The number of halogens is 1. The molecular formula is C32H46ClN5O8S. The third kappa shape index (κ3) is 13.8. The molecule has 0 saturated heterocycles. The van der Waals surface area contributed by atoms with Crippen molar-refractivity contribution in [2.75, 3.05) is 32.2 Å². The zero-order valence-corrected chi connectivity index (χ0v) is 28.8. The van der Waals surface area contributed by atoms with Gasteiger partial charge >= 0.3 is 5.97 Å². The molecule has 0 saturated carbocycles. The topological polar surface area (TPSA) is 211 Å². The van der Waals surface area contributed by atoms with Crippen molar-refractivity contribution in [2.45, 2.75) is 64.1 Å². The zero-order valence-electron chi connectivity index (χ0n) is 27.2. The Labute approximate surface area is 284 Å². The summed E-state index contributed by atoms with van der Waals surface area (Å²) in [6, 6.07) is 8.65. The molecule has 47 heavy (non-hydrogen) atoms. The number of benzene rings is 2. The molecule has 0 aromatic heterocycles. The molecule has 0 radical (unpaired) electrons. The summed E-state index contributed by atoms with van der Waals surface area (Å²) in [5, 5.41) is 14.6. The van der Waals surface area contributed by atoms with Gasteiger partial charge in [0.25, 0.3) is 0 Å². The number of methoxy groups -OCH3 is 1. The number of ether oxygens (including phenoxy) is 1. The van der Waals surface area contributed by atoms with Crippen LogP contribution < -0.4 is 22.1 Å². The van der Waals surface area contributed by atoms with Crippen LogP contribution in [0.15, 0.2) is 42.5 Å². The van der Waals surface area contributed by atoms with Gasteiger partial charge in [0.05, 0.1) is 25.7 Å². The van der Waals surface area contributed by atoms with Gasteiger partial charge in [0.15, 0.2) is 0 Å². The smallest absolute Gasteiger partial charge is 0.305 e. The number of aromatic hydroxyl groups is 1. The Hall–Kier alpha value is -3.85. The minimum Gasteiger partial charge on any atom is -0.508 e. The van der Waals surface area contributed by atoms with Crippen molar-refractivity contribution in [3.05, 3.63) is 64.7 Å². The average molecular weight is 696 g/mol. The van der Waals surface area contributed by atoms with E-state index in [1.165, 1.54) is 18.3 Å². The number of esters is 1. The van der Waals surface area contributed by atoms with Gasteiger partial charge in [0.2, 0.25) is 23.6 Å². The van der Waals surface area contributed by atoms with E-state index in [2.05, 4.69) is 10.6 Å². The van der Waals surface area contributed by atoms with E-state index >= 15 is 0 Å². The molecule has 2 aromatic carbocycles. The fourth-order valence-electron chi connectivity index (χ4n) is 4.85. The minimum absolute atomic E-state index is 0. The molecule has 13 nitrogen and oxygen atoms in total. The monoisotopic (exact) mass is 695 g/mol. The maximum Gasteiger partial charge on any atom is 0.305 e. The molecular weight excluding hydrogens is 650 g/mol. The molecule has 0 bridgehead atoms. The lowest BCUT2D eigenvalue weighted by molar-refractivity contribution is -0.143. The zero-order chi connectivity index (χ0) is 34.4. The largest absolute Gasteiger partial charge is 0.508 e. The Morgan fingerprint density at radius 2 is 1.57 bits per heavy atom. The molecule has 15 heteroatoms. The lowest BCUT2D eigenvalue weighted by atomic mass is 9.96. The van der Waals surface area contributed by atoms with Gasteiger partial charge in [-0.1, -0.05) is 30.3 Å². The molecule has 0 aliphatic heterocycles. The summed E-state index contributed by atoms with van der Waals surface area (Å²) in [6.07, 6.45) is 1.84. The SMILES string of the molecule is COC(=O)CCCN(C(=O)CNC(=O)[C@@H](N)Cc1c(C)cc(O)cc1C)[C@@H](Cc1ccccc1)C(=O)NC(=O)C(N)CCS(C)=O.Cl. The summed E-state index contributed by atoms with van der Waals surface area (Å²) < 4.78 is 16.2. The number of rotatable bonds is 17. The van der Waals surface area contributed by atoms with Crippen molar-refractivity contribution < 1.29 is 38.0 Å². The van der Waals surface area contributed by atoms with Gasteiger partial charge in [-0.3, -0.25) is 33.5 Å². The summed E-state index contributed by atoms with van der Waals surface area (Å²) in [5.74, 6) is -3.06. The van der Waals surface area contributed by atoms with Crippen molar-refractivity contribution in [1.82, 2.24) is 15.5 Å². The van der Waals surface area contributed by atoms with E-state index in [-0.39, 0.29) is 62.6 Å². The number of carbonyl (C=O) groups excluding carboxylic acids is 5. The summed E-state index contributed by atoms with van der Waals surface area (Å²) in [4.78, 5) is 66.0. The average Bonchev–Trinajstić information content (AvgIpc) is 3.01. The first-order chi connectivity index (χ1) is 21.7. The lowest BCUT2D eigenvalue weighted by Crippen LogP contribution is -2.56. The number of carbonyl (C=O) groups is 5. The lowest BCUT2D eigenvalue weighted by Gasteiger charge is -2.31. The van der Waals surface area contributed by atoms with Gasteiger partial charge in [0.1, 0.15) is 11.8 Å². The summed E-state index contributed by atoms with van der Waals surface area (Å²) in [6.45, 7) is 3.01. The number of nitrogens with zero attached hydrogens (tertiary/aromatic N) is 1. The molecule has 4 amide bonds. The number of nitrogens with two attached hydrogens (primary N) is 2. The molecule has 2 rings (SSSR count). The molecule has 0 aliphatic rings. The number of imide groups is 1. The molecule has 4 atom stereocenters. The van der Waals surface area contributed by atoms with Crippen molar-refractivity contribution in [2.24, 2.45) is 11.5 Å². The second kappa shape index (κ2) is 20.4. The number of phenols is 1. The number of hydrogen-bond donors (Lipinski definition) is 5. The van der Waals surface area contributed by atoms with Crippen LogP contribution in [0.4, 0.5) is 0 Å². The van der Waals surface area contributed by atoms with E-state index in [9.17, 15) is 33.3 Å². The van der Waals surface area contributed by atoms with Gasteiger partial charge in [-0.25, -0.2) is 0 Å². The second-order valence-electron chi connectivity index (χ2n) is 11.1. The van der Waals surface area contributed by atoms with Gasteiger partial charge in [-0.2, -0.15) is 0 Å². The predicted octanol–water partition coefficient (Wildman–Crippen LogP) is 0.549. The van der Waals surface area contributed by atoms with Crippen LogP contribution in [0.1, 0.15) is 41.5 Å². The summed E-state index contributed by atoms with van der Waals surface area (Å²) in [7, 11) is 0.0489. The maximum absolute atomic E-state index is 13.7. The van der Waals surface area contributed by atoms with Crippen LogP contribution >= 0.6 is 12.4 Å². The molecule has 0 spiro atoms. The van der Waals surface area contributed by atoms with Crippen molar-refractivity contribution >= 4 is 52.8 Å². The van der Waals surface area contributed by atoms with Crippen molar-refractivity contribution in [3.63, 3.8) is 0 Å². The summed E-state index contributed by atoms with van der Waals surface area (Å²) in [5.41, 5.74) is 15.1. The highest BCUT2D eigenvalue weighted by atomic mass is 35.5. The van der Waals surface area contributed by atoms with Crippen LogP contribution in [0.25, 0.3) is 0 Å². The molecule has 0 heterocycles. The Kier molecular flexibility index (Phi) is 17.9. The standard InChI is InChI=1S/C32H45N5O8S.ClH/c1-20-15-23(38)16-21(2)24(20)18-26(34)30(41)35-19-28(39)37(13-8-11-29(40)45-3)27(17-22-9-6-5-7-10-22)32(43)36-31(42)25(33)12-14-46(4)44;/h5-7,9-10,15-16,25-27,38H,8,11-14,17-19,33-34H2,1-4H3,(H,35,41)(H,36,42,43);1H/t25?,26-,27-,46?;/m0./s1. The fourth-order valence-corrected chi connectivity index (χ4v) is 5.44. The molecule has 2 aromatic rings. The first kappa shape index (κ1) is 41.2. The fraction of sp³-hybridized carbons (Fsp3) is 0.469. The van der Waals surface area contributed by atoms with Gasteiger partial charge in [-0.15, -0.1) is 12.4 Å². The van der Waals surface area contributed by atoms with Gasteiger partial charge in [-0.05, 0) is 67.5 Å². The minimum atomic E-state index is -1.21. The number of hydrogen-bond acceptors (Lipinski definition) is 10. The second-order valence-corrected chi connectivity index (χ2v) is 12.6. The molecule has 7 N–H and O–H groups in total. The van der Waals surface area contributed by atoms with Crippen LogP contribution in [0.2, 0.25) is 0 Å². The third-order valence-corrected chi connectivity index (χ3v) is 8.24. The molecule has 260 valence electrons. The Morgan fingerprint density at radius 3 is 2.15 bits per heavy atom. The highest BCUT2D eigenvalue weighted by molar-refractivity contribution is 7.84. The van der Waals surface area contributed by atoms with Gasteiger partial charge < -0.3 is 31.5 Å². The Morgan fingerprint density at radius 1 is 0.957 bits per heavy atom. The van der Waals surface area contributed by atoms with Crippen LogP contribution in [0, 0.1) is 13.8 Å².